The second kappa shape index (κ2) is 7.55. The maximum atomic E-state index is 6.26. The predicted molar refractivity (Wildman–Crippen MR) is 93.4 cm³/mol. The number of aryl methyl sites for hydroxylation is 1. The van der Waals surface area contributed by atoms with Crippen LogP contribution in [-0.2, 0) is 11.3 Å². The zero-order valence-corrected chi connectivity index (χ0v) is 14.4. The van der Waals surface area contributed by atoms with Crippen molar-refractivity contribution < 1.29 is 4.74 Å². The topological polar surface area (TPSA) is 77.8 Å². The van der Waals surface area contributed by atoms with Gasteiger partial charge in [-0.2, -0.15) is 5.10 Å². The smallest absolute Gasteiger partial charge is 0.176 e. The molecule has 0 radical (unpaired) electrons. The Labute approximate surface area is 145 Å². The second-order valence-electron chi connectivity index (χ2n) is 5.44. The van der Waals surface area contributed by atoms with Gasteiger partial charge < -0.3 is 10.1 Å². The first-order valence-corrected chi connectivity index (χ1v) is 8.11. The molecule has 0 aliphatic heterocycles. The Morgan fingerprint density at radius 1 is 1.21 bits per heavy atom. The van der Waals surface area contributed by atoms with Crippen molar-refractivity contribution in [1.29, 1.82) is 0 Å². The fourth-order valence-electron chi connectivity index (χ4n) is 2.45. The molecule has 0 fully saturated rings. The van der Waals surface area contributed by atoms with Crippen molar-refractivity contribution in [3.05, 3.63) is 40.5 Å². The number of ether oxygens (including phenoxy) is 1. The zero-order valence-electron chi connectivity index (χ0n) is 13.7. The molecule has 3 aromatic rings. The number of methoxy groups -OCH3 is 1. The first-order chi connectivity index (χ1) is 11.7. The third-order valence-electron chi connectivity index (χ3n) is 3.70. The van der Waals surface area contributed by atoms with E-state index in [1.807, 2.05) is 31.2 Å². The van der Waals surface area contributed by atoms with Gasteiger partial charge in [-0.05, 0) is 25.0 Å². The molecule has 0 aliphatic carbocycles. The number of anilines is 1. The minimum Gasteiger partial charge on any atom is -0.385 e. The van der Waals surface area contributed by atoms with Gasteiger partial charge in [0.25, 0.3) is 0 Å². The average molecular weight is 347 g/mol. The van der Waals surface area contributed by atoms with Crippen molar-refractivity contribution in [3.63, 3.8) is 0 Å². The molecule has 24 heavy (non-hydrogen) atoms. The highest BCUT2D eigenvalue weighted by Crippen LogP contribution is 2.23. The lowest BCUT2D eigenvalue weighted by atomic mass is 10.2. The highest BCUT2D eigenvalue weighted by molar-refractivity contribution is 6.31. The lowest BCUT2D eigenvalue weighted by Gasteiger charge is -2.09. The van der Waals surface area contributed by atoms with Crippen LogP contribution >= 0.6 is 11.6 Å². The standard InChI is InChI=1S/C16H19ClN6O/c1-11-14-15(16(21-19-11)18-8-5-9-24-2)23(22-20-14)10-12-6-3-4-7-13(12)17/h3-4,6-7H,5,8-10H2,1-2H3,(H,18,21). The summed E-state index contributed by atoms with van der Waals surface area (Å²) in [4.78, 5) is 0. The van der Waals surface area contributed by atoms with Crippen LogP contribution in [0.2, 0.25) is 5.02 Å². The van der Waals surface area contributed by atoms with E-state index in [0.717, 1.165) is 35.3 Å². The summed E-state index contributed by atoms with van der Waals surface area (Å²) in [6.07, 6.45) is 0.875. The molecule has 0 amide bonds. The molecule has 8 heteroatoms. The summed E-state index contributed by atoms with van der Waals surface area (Å²) in [7, 11) is 1.69. The summed E-state index contributed by atoms with van der Waals surface area (Å²) >= 11 is 6.26. The van der Waals surface area contributed by atoms with E-state index in [0.29, 0.717) is 24.0 Å². The number of aromatic nitrogens is 5. The monoisotopic (exact) mass is 346 g/mol. The molecule has 1 aromatic carbocycles. The first-order valence-electron chi connectivity index (χ1n) is 7.73. The van der Waals surface area contributed by atoms with Crippen LogP contribution in [0.1, 0.15) is 17.7 Å². The number of hydrogen-bond donors (Lipinski definition) is 1. The largest absolute Gasteiger partial charge is 0.385 e. The molecule has 3 rings (SSSR count). The molecular weight excluding hydrogens is 328 g/mol. The fourth-order valence-corrected chi connectivity index (χ4v) is 2.65. The van der Waals surface area contributed by atoms with Crippen molar-refractivity contribution in [2.75, 3.05) is 25.6 Å². The Morgan fingerprint density at radius 3 is 2.83 bits per heavy atom. The highest BCUT2D eigenvalue weighted by Gasteiger charge is 2.15. The van der Waals surface area contributed by atoms with E-state index in [2.05, 4.69) is 25.8 Å². The normalized spacial score (nSPS) is 11.1. The number of rotatable bonds is 7. The summed E-state index contributed by atoms with van der Waals surface area (Å²) in [6, 6.07) is 7.70. The van der Waals surface area contributed by atoms with E-state index in [-0.39, 0.29) is 0 Å². The van der Waals surface area contributed by atoms with E-state index < -0.39 is 0 Å². The molecule has 0 atom stereocenters. The minimum atomic E-state index is 0.522. The minimum absolute atomic E-state index is 0.522. The van der Waals surface area contributed by atoms with E-state index in [1.54, 1.807) is 11.8 Å². The third kappa shape index (κ3) is 3.47. The predicted octanol–water partition coefficient (Wildman–Crippen LogP) is 2.68. The van der Waals surface area contributed by atoms with E-state index in [9.17, 15) is 0 Å². The molecule has 0 bridgehead atoms. The van der Waals surface area contributed by atoms with E-state index in [1.165, 1.54) is 0 Å². The number of halogens is 1. The van der Waals surface area contributed by atoms with Crippen molar-refractivity contribution in [2.45, 2.75) is 19.9 Å². The Hall–Kier alpha value is -2.25. The van der Waals surface area contributed by atoms with Crippen LogP contribution in [-0.4, -0.2) is 45.5 Å². The van der Waals surface area contributed by atoms with Crippen LogP contribution in [0, 0.1) is 6.92 Å². The van der Waals surface area contributed by atoms with Gasteiger partial charge in [0, 0.05) is 25.3 Å². The number of nitrogens with zero attached hydrogens (tertiary/aromatic N) is 5. The van der Waals surface area contributed by atoms with Gasteiger partial charge in [-0.3, -0.25) is 0 Å². The molecule has 0 saturated carbocycles. The molecule has 0 saturated heterocycles. The summed E-state index contributed by atoms with van der Waals surface area (Å²) in [5.74, 6) is 0.670. The number of fused-ring (bicyclic) bond motifs is 1. The van der Waals surface area contributed by atoms with Gasteiger partial charge in [-0.15, -0.1) is 10.2 Å². The summed E-state index contributed by atoms with van der Waals surface area (Å²) in [5.41, 5.74) is 3.30. The van der Waals surface area contributed by atoms with Gasteiger partial charge in [0.1, 0.15) is 11.0 Å². The van der Waals surface area contributed by atoms with Gasteiger partial charge in [-0.1, -0.05) is 35.0 Å². The Balaban J connectivity index is 1.93. The van der Waals surface area contributed by atoms with Crippen LogP contribution < -0.4 is 5.32 Å². The van der Waals surface area contributed by atoms with Gasteiger partial charge in [-0.25, -0.2) is 4.68 Å². The van der Waals surface area contributed by atoms with Crippen molar-refractivity contribution in [3.8, 4) is 0 Å². The van der Waals surface area contributed by atoms with Crippen LogP contribution in [0.25, 0.3) is 11.0 Å². The third-order valence-corrected chi connectivity index (χ3v) is 4.07. The van der Waals surface area contributed by atoms with Crippen molar-refractivity contribution in [1.82, 2.24) is 25.2 Å². The summed E-state index contributed by atoms with van der Waals surface area (Å²) < 4.78 is 6.87. The number of hydrogen-bond acceptors (Lipinski definition) is 6. The van der Waals surface area contributed by atoms with Crippen molar-refractivity contribution >= 4 is 28.5 Å². The molecule has 2 heterocycles. The lowest BCUT2D eigenvalue weighted by Crippen LogP contribution is -2.10. The number of nitrogens with one attached hydrogen (secondary N) is 1. The molecule has 126 valence electrons. The molecule has 2 aromatic heterocycles. The quantitative estimate of drug-likeness (QED) is 0.663. The van der Waals surface area contributed by atoms with Crippen LogP contribution in [0.15, 0.2) is 24.3 Å². The van der Waals surface area contributed by atoms with Crippen LogP contribution in [0.3, 0.4) is 0 Å². The highest BCUT2D eigenvalue weighted by atomic mass is 35.5. The lowest BCUT2D eigenvalue weighted by molar-refractivity contribution is 0.198. The van der Waals surface area contributed by atoms with Gasteiger partial charge in [0.05, 0.1) is 12.2 Å². The maximum Gasteiger partial charge on any atom is 0.176 e. The molecular formula is C16H19ClN6O. The van der Waals surface area contributed by atoms with Crippen LogP contribution in [0.4, 0.5) is 5.82 Å². The second-order valence-corrected chi connectivity index (χ2v) is 5.85. The molecule has 7 nitrogen and oxygen atoms in total. The van der Waals surface area contributed by atoms with Gasteiger partial charge in [0.2, 0.25) is 0 Å². The summed E-state index contributed by atoms with van der Waals surface area (Å²) in [6.45, 7) is 3.82. The zero-order chi connectivity index (χ0) is 16.9. The molecule has 1 N–H and O–H groups in total. The average Bonchev–Trinajstić information content (AvgIpc) is 3.00. The number of benzene rings is 1. The molecule has 0 spiro atoms. The van der Waals surface area contributed by atoms with E-state index >= 15 is 0 Å². The van der Waals surface area contributed by atoms with Crippen LogP contribution in [0.5, 0.6) is 0 Å². The van der Waals surface area contributed by atoms with Gasteiger partial charge in [0.15, 0.2) is 5.82 Å². The summed E-state index contributed by atoms with van der Waals surface area (Å²) in [5, 5.41) is 20.9. The van der Waals surface area contributed by atoms with Crippen molar-refractivity contribution in [2.24, 2.45) is 0 Å². The first kappa shape index (κ1) is 16.6. The molecule has 0 unspecified atom stereocenters. The van der Waals surface area contributed by atoms with Gasteiger partial charge >= 0.3 is 0 Å². The van der Waals surface area contributed by atoms with E-state index in [4.69, 9.17) is 16.3 Å². The fraction of sp³-hybridized carbons (Fsp3) is 0.375. The Morgan fingerprint density at radius 2 is 2.04 bits per heavy atom. The molecule has 0 aliphatic rings. The Bertz CT molecular complexity index is 835. The SMILES string of the molecule is COCCCNc1nnc(C)c2nnn(Cc3ccccc3Cl)c12. The maximum absolute atomic E-state index is 6.26. The Kier molecular flexibility index (Phi) is 5.22.